The minimum Gasteiger partial charge on any atom is -0.333 e. The maximum absolute atomic E-state index is 12.5. The number of benzene rings is 1. The molecule has 1 heterocycles. The van der Waals surface area contributed by atoms with Gasteiger partial charge in [0.2, 0.25) is 0 Å². The quantitative estimate of drug-likeness (QED) is 0.865. The molecular formula is C14H20Cl2N2O. The fourth-order valence-corrected chi connectivity index (χ4v) is 2.48. The number of nitrogens with zero attached hydrogens (tertiary/aromatic N) is 1. The van der Waals surface area contributed by atoms with Gasteiger partial charge in [0.15, 0.2) is 0 Å². The standard InChI is InChI=1S/C14H19ClN2O.ClH/c1-9-5-4-6-12(13(9)15)14(18)17-8-10(2)16-7-11(17)3;/h4-6,10-11,16H,7-8H2,1-3H3;1H. The highest BCUT2D eigenvalue weighted by molar-refractivity contribution is 6.34. The Bertz CT molecular complexity index is 465. The van der Waals surface area contributed by atoms with Crippen LogP contribution in [0.2, 0.25) is 5.02 Å². The molecule has 1 N–H and O–H groups in total. The van der Waals surface area contributed by atoms with Crippen molar-refractivity contribution in [3.05, 3.63) is 34.3 Å². The summed E-state index contributed by atoms with van der Waals surface area (Å²) >= 11 is 6.23. The number of aryl methyl sites for hydroxylation is 1. The molecule has 0 radical (unpaired) electrons. The Hall–Kier alpha value is -0.770. The highest BCUT2D eigenvalue weighted by Crippen LogP contribution is 2.23. The first-order valence-corrected chi connectivity index (χ1v) is 6.68. The van der Waals surface area contributed by atoms with Crippen molar-refractivity contribution in [3.63, 3.8) is 0 Å². The Balaban J connectivity index is 0.00000180. The van der Waals surface area contributed by atoms with E-state index in [4.69, 9.17) is 11.6 Å². The van der Waals surface area contributed by atoms with Crippen molar-refractivity contribution in [2.24, 2.45) is 0 Å². The van der Waals surface area contributed by atoms with Crippen LogP contribution >= 0.6 is 24.0 Å². The molecule has 0 aliphatic carbocycles. The van der Waals surface area contributed by atoms with Gasteiger partial charge in [-0.1, -0.05) is 23.7 Å². The van der Waals surface area contributed by atoms with Crippen molar-refractivity contribution in [1.82, 2.24) is 10.2 Å². The fourth-order valence-electron chi connectivity index (χ4n) is 2.27. The van der Waals surface area contributed by atoms with E-state index in [-0.39, 0.29) is 24.4 Å². The van der Waals surface area contributed by atoms with E-state index in [0.29, 0.717) is 16.6 Å². The number of hydrogen-bond acceptors (Lipinski definition) is 2. The van der Waals surface area contributed by atoms with Gasteiger partial charge >= 0.3 is 0 Å². The average Bonchev–Trinajstić information content (AvgIpc) is 2.35. The largest absolute Gasteiger partial charge is 0.333 e. The number of nitrogens with one attached hydrogen (secondary N) is 1. The van der Waals surface area contributed by atoms with Gasteiger partial charge in [0.1, 0.15) is 0 Å². The van der Waals surface area contributed by atoms with Crippen LogP contribution in [-0.2, 0) is 0 Å². The van der Waals surface area contributed by atoms with Gasteiger partial charge in [-0.25, -0.2) is 0 Å². The third kappa shape index (κ3) is 3.41. The Morgan fingerprint density at radius 1 is 1.42 bits per heavy atom. The molecule has 0 saturated carbocycles. The van der Waals surface area contributed by atoms with Crippen molar-refractivity contribution in [2.75, 3.05) is 13.1 Å². The molecule has 0 aromatic heterocycles. The van der Waals surface area contributed by atoms with Crippen LogP contribution in [0.25, 0.3) is 0 Å². The van der Waals surface area contributed by atoms with Crippen LogP contribution in [-0.4, -0.2) is 36.0 Å². The number of rotatable bonds is 1. The summed E-state index contributed by atoms with van der Waals surface area (Å²) in [6, 6.07) is 6.13. The summed E-state index contributed by atoms with van der Waals surface area (Å²) in [5.74, 6) is 0.0320. The molecule has 19 heavy (non-hydrogen) atoms. The van der Waals surface area contributed by atoms with Crippen LogP contribution in [0, 0.1) is 6.92 Å². The summed E-state index contributed by atoms with van der Waals surface area (Å²) in [5, 5.41) is 3.94. The first kappa shape index (κ1) is 16.3. The van der Waals surface area contributed by atoms with Crippen molar-refractivity contribution in [1.29, 1.82) is 0 Å². The lowest BCUT2D eigenvalue weighted by Crippen LogP contribution is -2.56. The molecule has 3 nitrogen and oxygen atoms in total. The molecule has 0 bridgehead atoms. The third-order valence-electron chi connectivity index (χ3n) is 3.45. The predicted octanol–water partition coefficient (Wildman–Crippen LogP) is 2.89. The minimum atomic E-state index is 0. The Labute approximate surface area is 125 Å². The molecule has 1 aromatic carbocycles. The number of halogens is 2. The Morgan fingerprint density at radius 2 is 2.11 bits per heavy atom. The molecule has 106 valence electrons. The van der Waals surface area contributed by atoms with Gasteiger partial charge in [0.05, 0.1) is 10.6 Å². The monoisotopic (exact) mass is 302 g/mol. The van der Waals surface area contributed by atoms with Crippen LogP contribution in [0.15, 0.2) is 18.2 Å². The summed E-state index contributed by atoms with van der Waals surface area (Å²) in [6.07, 6.45) is 0. The summed E-state index contributed by atoms with van der Waals surface area (Å²) < 4.78 is 0. The van der Waals surface area contributed by atoms with Crippen molar-refractivity contribution in [2.45, 2.75) is 32.9 Å². The maximum atomic E-state index is 12.5. The second kappa shape index (κ2) is 6.60. The van der Waals surface area contributed by atoms with Gasteiger partial charge in [-0.3, -0.25) is 4.79 Å². The normalized spacial score (nSPS) is 22.8. The number of carbonyl (C=O) groups is 1. The zero-order valence-electron chi connectivity index (χ0n) is 11.4. The van der Waals surface area contributed by atoms with Crippen molar-refractivity contribution in [3.8, 4) is 0 Å². The molecular weight excluding hydrogens is 283 g/mol. The smallest absolute Gasteiger partial charge is 0.255 e. The number of piperazine rings is 1. The van der Waals surface area contributed by atoms with Gasteiger partial charge < -0.3 is 10.2 Å². The number of amides is 1. The van der Waals surface area contributed by atoms with Gasteiger partial charge in [0, 0.05) is 25.2 Å². The van der Waals surface area contributed by atoms with Gasteiger partial charge in [-0.15, -0.1) is 12.4 Å². The van der Waals surface area contributed by atoms with E-state index in [9.17, 15) is 4.79 Å². The second-order valence-electron chi connectivity index (χ2n) is 5.05. The van der Waals surface area contributed by atoms with Crippen LogP contribution in [0.1, 0.15) is 29.8 Å². The SMILES string of the molecule is Cc1cccc(C(=O)N2CC(C)NCC2C)c1Cl.Cl. The maximum Gasteiger partial charge on any atom is 0.255 e. The van der Waals surface area contributed by atoms with Gasteiger partial charge in [0.25, 0.3) is 5.91 Å². The first-order valence-electron chi connectivity index (χ1n) is 6.30. The number of carbonyl (C=O) groups excluding carboxylic acids is 1. The van der Waals surface area contributed by atoms with E-state index in [1.165, 1.54) is 0 Å². The summed E-state index contributed by atoms with van der Waals surface area (Å²) in [7, 11) is 0. The predicted molar refractivity (Wildman–Crippen MR) is 81.4 cm³/mol. The molecule has 0 spiro atoms. The zero-order valence-corrected chi connectivity index (χ0v) is 13.0. The van der Waals surface area contributed by atoms with E-state index in [2.05, 4.69) is 19.2 Å². The van der Waals surface area contributed by atoms with Gasteiger partial charge in [-0.05, 0) is 32.4 Å². The van der Waals surface area contributed by atoms with E-state index in [1.807, 2.05) is 24.0 Å². The highest BCUT2D eigenvalue weighted by Gasteiger charge is 2.28. The lowest BCUT2D eigenvalue weighted by Gasteiger charge is -2.37. The molecule has 1 aromatic rings. The molecule has 2 rings (SSSR count). The Morgan fingerprint density at radius 3 is 2.79 bits per heavy atom. The van der Waals surface area contributed by atoms with Crippen molar-refractivity contribution < 1.29 is 4.79 Å². The summed E-state index contributed by atoms with van der Waals surface area (Å²) in [6.45, 7) is 7.62. The molecule has 1 amide bonds. The molecule has 1 aliphatic heterocycles. The fraction of sp³-hybridized carbons (Fsp3) is 0.500. The molecule has 1 aliphatic rings. The van der Waals surface area contributed by atoms with E-state index < -0.39 is 0 Å². The van der Waals surface area contributed by atoms with Gasteiger partial charge in [-0.2, -0.15) is 0 Å². The Kier molecular flexibility index (Phi) is 5.65. The number of hydrogen-bond donors (Lipinski definition) is 1. The topological polar surface area (TPSA) is 32.3 Å². The van der Waals surface area contributed by atoms with Crippen LogP contribution in [0.4, 0.5) is 0 Å². The lowest BCUT2D eigenvalue weighted by atomic mass is 10.1. The summed E-state index contributed by atoms with van der Waals surface area (Å²) in [5.41, 5.74) is 1.55. The van der Waals surface area contributed by atoms with Crippen LogP contribution < -0.4 is 5.32 Å². The third-order valence-corrected chi connectivity index (χ3v) is 3.95. The average molecular weight is 303 g/mol. The minimum absolute atomic E-state index is 0. The van der Waals surface area contributed by atoms with Crippen molar-refractivity contribution >= 4 is 29.9 Å². The van der Waals surface area contributed by atoms with E-state index in [1.54, 1.807) is 6.07 Å². The highest BCUT2D eigenvalue weighted by atomic mass is 35.5. The molecule has 2 atom stereocenters. The first-order chi connectivity index (χ1) is 8.50. The lowest BCUT2D eigenvalue weighted by molar-refractivity contribution is 0.0616. The van der Waals surface area contributed by atoms with E-state index in [0.717, 1.165) is 18.7 Å². The molecule has 5 heteroatoms. The van der Waals surface area contributed by atoms with Crippen LogP contribution in [0.5, 0.6) is 0 Å². The summed E-state index contributed by atoms with van der Waals surface area (Å²) in [4.78, 5) is 14.4. The molecule has 2 unspecified atom stereocenters. The van der Waals surface area contributed by atoms with Crippen LogP contribution in [0.3, 0.4) is 0 Å². The zero-order chi connectivity index (χ0) is 13.3. The second-order valence-corrected chi connectivity index (χ2v) is 5.43. The van der Waals surface area contributed by atoms with E-state index >= 15 is 0 Å². The molecule has 1 saturated heterocycles. The molecule has 1 fully saturated rings.